The second-order valence-corrected chi connectivity index (χ2v) is 4.57. The highest BCUT2D eigenvalue weighted by molar-refractivity contribution is 5.50. The molecule has 0 aromatic heterocycles. The van der Waals surface area contributed by atoms with Crippen LogP contribution in [0, 0.1) is 6.92 Å². The molecule has 3 nitrogen and oxygen atoms in total. The molecule has 0 amide bonds. The van der Waals surface area contributed by atoms with Gasteiger partial charge in [0.05, 0.1) is 20.8 Å². The predicted molar refractivity (Wildman–Crippen MR) is 64.4 cm³/mol. The third-order valence-electron chi connectivity index (χ3n) is 2.84. The Balaban J connectivity index is 3.31. The van der Waals surface area contributed by atoms with E-state index in [1.807, 2.05) is 32.9 Å². The Kier molecular flexibility index (Phi) is 3.81. The van der Waals surface area contributed by atoms with Crippen molar-refractivity contribution in [1.29, 1.82) is 0 Å². The van der Waals surface area contributed by atoms with Crippen molar-refractivity contribution in [3.8, 4) is 11.5 Å². The van der Waals surface area contributed by atoms with Crippen LogP contribution in [-0.2, 0) is 5.41 Å². The van der Waals surface area contributed by atoms with Crippen molar-refractivity contribution >= 4 is 0 Å². The third kappa shape index (κ3) is 2.30. The number of rotatable bonds is 4. The zero-order chi connectivity index (χ0) is 12.3. The van der Waals surface area contributed by atoms with Gasteiger partial charge in [-0.05, 0) is 24.1 Å². The quantitative estimate of drug-likeness (QED) is 0.852. The zero-order valence-electron chi connectivity index (χ0n) is 10.6. The summed E-state index contributed by atoms with van der Waals surface area (Å²) in [6.45, 7) is 6.06. The summed E-state index contributed by atoms with van der Waals surface area (Å²) in [4.78, 5) is 0. The summed E-state index contributed by atoms with van der Waals surface area (Å²) < 4.78 is 10.6. The van der Waals surface area contributed by atoms with Crippen LogP contribution >= 0.6 is 0 Å². The van der Waals surface area contributed by atoms with E-state index in [1.165, 1.54) is 0 Å². The van der Waals surface area contributed by atoms with Gasteiger partial charge in [0.15, 0.2) is 11.5 Å². The Hall–Kier alpha value is -1.22. The number of ether oxygens (including phenoxy) is 2. The van der Waals surface area contributed by atoms with Crippen molar-refractivity contribution in [1.82, 2.24) is 0 Å². The molecule has 1 rings (SSSR count). The zero-order valence-corrected chi connectivity index (χ0v) is 10.6. The molecule has 0 fully saturated rings. The van der Waals surface area contributed by atoms with Crippen molar-refractivity contribution in [2.45, 2.75) is 26.2 Å². The molecule has 0 heterocycles. The first-order valence-corrected chi connectivity index (χ1v) is 5.30. The molecule has 1 aromatic rings. The van der Waals surface area contributed by atoms with Crippen LogP contribution in [0.5, 0.6) is 11.5 Å². The normalized spacial score (nSPS) is 11.4. The van der Waals surface area contributed by atoms with Gasteiger partial charge in [0.1, 0.15) is 0 Å². The van der Waals surface area contributed by atoms with E-state index in [2.05, 4.69) is 0 Å². The first-order valence-electron chi connectivity index (χ1n) is 5.30. The van der Waals surface area contributed by atoms with Crippen LogP contribution in [0.1, 0.15) is 25.0 Å². The van der Waals surface area contributed by atoms with Crippen molar-refractivity contribution in [3.05, 3.63) is 23.3 Å². The molecule has 0 aliphatic rings. The molecular weight excluding hydrogens is 204 g/mol. The van der Waals surface area contributed by atoms with Crippen molar-refractivity contribution < 1.29 is 14.6 Å². The van der Waals surface area contributed by atoms with Gasteiger partial charge < -0.3 is 14.6 Å². The summed E-state index contributed by atoms with van der Waals surface area (Å²) in [6.07, 6.45) is 0. The van der Waals surface area contributed by atoms with Crippen LogP contribution in [0.2, 0.25) is 0 Å². The van der Waals surface area contributed by atoms with Crippen LogP contribution in [0.3, 0.4) is 0 Å². The lowest BCUT2D eigenvalue weighted by Gasteiger charge is -2.24. The molecule has 0 unspecified atom stereocenters. The van der Waals surface area contributed by atoms with Gasteiger partial charge in [0.25, 0.3) is 0 Å². The van der Waals surface area contributed by atoms with Gasteiger partial charge >= 0.3 is 0 Å². The number of aliphatic hydroxyl groups excluding tert-OH is 1. The van der Waals surface area contributed by atoms with E-state index in [-0.39, 0.29) is 12.0 Å². The average molecular weight is 224 g/mol. The lowest BCUT2D eigenvalue weighted by atomic mass is 9.84. The van der Waals surface area contributed by atoms with E-state index < -0.39 is 0 Å². The minimum absolute atomic E-state index is 0.0991. The summed E-state index contributed by atoms with van der Waals surface area (Å²) >= 11 is 0. The maximum absolute atomic E-state index is 9.36. The lowest BCUT2D eigenvalue weighted by molar-refractivity contribution is 0.218. The first kappa shape index (κ1) is 12.8. The fourth-order valence-electron chi connectivity index (χ4n) is 1.64. The van der Waals surface area contributed by atoms with E-state index in [1.54, 1.807) is 14.2 Å². The Morgan fingerprint density at radius 3 is 2.25 bits per heavy atom. The highest BCUT2D eigenvalue weighted by Gasteiger charge is 2.22. The van der Waals surface area contributed by atoms with E-state index in [4.69, 9.17) is 9.47 Å². The predicted octanol–water partition coefficient (Wildman–Crippen LogP) is 2.28. The molecule has 90 valence electrons. The van der Waals surface area contributed by atoms with Gasteiger partial charge in [-0.15, -0.1) is 0 Å². The highest BCUT2D eigenvalue weighted by atomic mass is 16.5. The molecule has 0 spiro atoms. The van der Waals surface area contributed by atoms with Gasteiger partial charge in [-0.3, -0.25) is 0 Å². The van der Waals surface area contributed by atoms with E-state index in [0.717, 1.165) is 16.9 Å². The Labute approximate surface area is 97.0 Å². The maximum Gasteiger partial charge on any atom is 0.163 e. The molecule has 16 heavy (non-hydrogen) atoms. The fraction of sp³-hybridized carbons (Fsp3) is 0.538. The van der Waals surface area contributed by atoms with E-state index in [0.29, 0.717) is 5.75 Å². The molecular formula is C13H20O3. The van der Waals surface area contributed by atoms with Gasteiger partial charge in [0, 0.05) is 5.41 Å². The second-order valence-electron chi connectivity index (χ2n) is 4.57. The largest absolute Gasteiger partial charge is 0.493 e. The summed E-state index contributed by atoms with van der Waals surface area (Å²) in [6, 6.07) is 3.94. The SMILES string of the molecule is COc1cc(C(C)(C)CO)cc(C)c1OC. The van der Waals surface area contributed by atoms with Gasteiger partial charge in [-0.1, -0.05) is 19.9 Å². The van der Waals surface area contributed by atoms with Crippen molar-refractivity contribution in [2.24, 2.45) is 0 Å². The van der Waals surface area contributed by atoms with E-state index >= 15 is 0 Å². The molecule has 0 saturated carbocycles. The summed E-state index contributed by atoms with van der Waals surface area (Å²) in [7, 11) is 3.24. The molecule has 0 saturated heterocycles. The van der Waals surface area contributed by atoms with Crippen LogP contribution < -0.4 is 9.47 Å². The summed E-state index contributed by atoms with van der Waals surface area (Å²) in [5.74, 6) is 1.46. The van der Waals surface area contributed by atoms with Gasteiger partial charge in [-0.25, -0.2) is 0 Å². The van der Waals surface area contributed by atoms with Crippen LogP contribution in [0.15, 0.2) is 12.1 Å². The fourth-order valence-corrected chi connectivity index (χ4v) is 1.64. The average Bonchev–Trinajstić information content (AvgIpc) is 2.27. The lowest BCUT2D eigenvalue weighted by Crippen LogP contribution is -2.22. The molecule has 3 heteroatoms. The molecule has 0 radical (unpaired) electrons. The number of aliphatic hydroxyl groups is 1. The molecule has 1 N–H and O–H groups in total. The number of hydrogen-bond acceptors (Lipinski definition) is 3. The van der Waals surface area contributed by atoms with Crippen LogP contribution in [0.4, 0.5) is 0 Å². The Morgan fingerprint density at radius 2 is 1.81 bits per heavy atom. The third-order valence-corrected chi connectivity index (χ3v) is 2.84. The topological polar surface area (TPSA) is 38.7 Å². The minimum atomic E-state index is -0.274. The molecule has 0 bridgehead atoms. The second kappa shape index (κ2) is 4.74. The highest BCUT2D eigenvalue weighted by Crippen LogP contribution is 2.36. The van der Waals surface area contributed by atoms with Crippen molar-refractivity contribution in [2.75, 3.05) is 20.8 Å². The minimum Gasteiger partial charge on any atom is -0.493 e. The standard InChI is InChI=1S/C13H20O3/c1-9-6-10(13(2,3)8-14)7-11(15-4)12(9)16-5/h6-7,14H,8H2,1-5H3. The molecule has 0 atom stereocenters. The number of aryl methyl sites for hydroxylation is 1. The van der Waals surface area contributed by atoms with Gasteiger partial charge in [0.2, 0.25) is 0 Å². The number of hydrogen-bond donors (Lipinski definition) is 1. The monoisotopic (exact) mass is 224 g/mol. The van der Waals surface area contributed by atoms with Crippen LogP contribution in [0.25, 0.3) is 0 Å². The number of benzene rings is 1. The Morgan fingerprint density at radius 1 is 1.19 bits per heavy atom. The summed E-state index contributed by atoms with van der Waals surface area (Å²) in [5, 5.41) is 9.36. The molecule has 0 aliphatic heterocycles. The Bertz CT molecular complexity index is 370. The summed E-state index contributed by atoms with van der Waals surface area (Å²) in [5.41, 5.74) is 1.79. The van der Waals surface area contributed by atoms with E-state index in [9.17, 15) is 5.11 Å². The first-order chi connectivity index (χ1) is 7.46. The smallest absolute Gasteiger partial charge is 0.163 e. The maximum atomic E-state index is 9.36. The number of methoxy groups -OCH3 is 2. The molecule has 0 aliphatic carbocycles. The van der Waals surface area contributed by atoms with Crippen LogP contribution in [-0.4, -0.2) is 25.9 Å². The molecule has 1 aromatic carbocycles. The van der Waals surface area contributed by atoms with Crippen molar-refractivity contribution in [3.63, 3.8) is 0 Å². The van der Waals surface area contributed by atoms with Gasteiger partial charge in [-0.2, -0.15) is 0 Å².